The summed E-state index contributed by atoms with van der Waals surface area (Å²) in [5, 5.41) is 14.2. The van der Waals surface area contributed by atoms with E-state index in [1.54, 1.807) is 7.11 Å². The first-order chi connectivity index (χ1) is 16.9. The Balaban J connectivity index is 1.49. The topological polar surface area (TPSA) is 95.3 Å². The molecular weight excluding hydrogens is 484 g/mol. The van der Waals surface area contributed by atoms with Crippen molar-refractivity contribution in [3.8, 4) is 28.3 Å². The lowest BCUT2D eigenvalue weighted by Gasteiger charge is -2.09. The molecule has 2 heterocycles. The van der Waals surface area contributed by atoms with Crippen LogP contribution in [0.4, 0.5) is 5.00 Å². The number of para-hydroxylation sites is 1. The SMILES string of the molecule is COC(=O)c1c(-c2ccc(C)cc2)csc1NC(=O)CSc1nnc(-c2ccccc2OC)n1C. The third-order valence-electron chi connectivity index (χ3n) is 5.31. The van der Waals surface area contributed by atoms with Crippen molar-refractivity contribution in [1.29, 1.82) is 0 Å². The fourth-order valence-corrected chi connectivity index (χ4v) is 5.18. The van der Waals surface area contributed by atoms with Crippen LogP contribution in [-0.4, -0.2) is 46.6 Å². The minimum absolute atomic E-state index is 0.0935. The summed E-state index contributed by atoms with van der Waals surface area (Å²) in [5.41, 5.74) is 3.87. The molecule has 4 aromatic rings. The third-order valence-corrected chi connectivity index (χ3v) is 7.23. The number of anilines is 1. The largest absolute Gasteiger partial charge is 0.496 e. The summed E-state index contributed by atoms with van der Waals surface area (Å²) in [7, 11) is 4.77. The zero-order valence-corrected chi connectivity index (χ0v) is 21.3. The number of hydrogen-bond acceptors (Lipinski definition) is 8. The molecule has 180 valence electrons. The lowest BCUT2D eigenvalue weighted by molar-refractivity contribution is -0.113. The summed E-state index contributed by atoms with van der Waals surface area (Å²) in [6, 6.07) is 15.4. The van der Waals surface area contributed by atoms with Gasteiger partial charge in [0.15, 0.2) is 11.0 Å². The van der Waals surface area contributed by atoms with Crippen molar-refractivity contribution in [2.45, 2.75) is 12.1 Å². The summed E-state index contributed by atoms with van der Waals surface area (Å²) in [4.78, 5) is 25.3. The molecule has 0 spiro atoms. The number of aromatic nitrogens is 3. The van der Waals surface area contributed by atoms with Crippen LogP contribution in [0.15, 0.2) is 59.1 Å². The Labute approximate surface area is 211 Å². The van der Waals surface area contributed by atoms with Crippen LogP contribution in [0.5, 0.6) is 5.75 Å². The van der Waals surface area contributed by atoms with Crippen molar-refractivity contribution < 1.29 is 19.1 Å². The monoisotopic (exact) mass is 508 g/mol. The molecule has 0 unspecified atom stereocenters. The number of thiophene rings is 1. The number of carbonyl (C=O) groups is 2. The van der Waals surface area contributed by atoms with Crippen molar-refractivity contribution in [2.75, 3.05) is 25.3 Å². The van der Waals surface area contributed by atoms with Gasteiger partial charge in [0, 0.05) is 18.0 Å². The first-order valence-corrected chi connectivity index (χ1v) is 12.5. The number of methoxy groups -OCH3 is 2. The number of nitrogens with zero attached hydrogens (tertiary/aromatic N) is 3. The summed E-state index contributed by atoms with van der Waals surface area (Å²) in [6.07, 6.45) is 0. The van der Waals surface area contributed by atoms with E-state index in [0.717, 1.165) is 22.3 Å². The highest BCUT2D eigenvalue weighted by molar-refractivity contribution is 7.99. The number of nitrogens with one attached hydrogen (secondary N) is 1. The van der Waals surface area contributed by atoms with Crippen LogP contribution in [-0.2, 0) is 16.6 Å². The molecule has 0 aliphatic carbocycles. The quantitative estimate of drug-likeness (QED) is 0.263. The van der Waals surface area contributed by atoms with E-state index in [1.165, 1.54) is 30.2 Å². The minimum atomic E-state index is -0.500. The van der Waals surface area contributed by atoms with Crippen LogP contribution in [0.2, 0.25) is 0 Å². The molecule has 10 heteroatoms. The Morgan fingerprint density at radius 3 is 2.51 bits per heavy atom. The Kier molecular flexibility index (Phi) is 7.52. The van der Waals surface area contributed by atoms with Gasteiger partial charge in [-0.25, -0.2) is 4.79 Å². The van der Waals surface area contributed by atoms with Gasteiger partial charge in [-0.15, -0.1) is 21.5 Å². The van der Waals surface area contributed by atoms with Gasteiger partial charge in [0.1, 0.15) is 16.3 Å². The molecule has 4 rings (SSSR count). The van der Waals surface area contributed by atoms with Crippen LogP contribution < -0.4 is 10.1 Å². The highest BCUT2D eigenvalue weighted by Crippen LogP contribution is 2.36. The summed E-state index contributed by atoms with van der Waals surface area (Å²) < 4.78 is 12.2. The van der Waals surface area contributed by atoms with E-state index in [-0.39, 0.29) is 11.7 Å². The van der Waals surface area contributed by atoms with E-state index < -0.39 is 5.97 Å². The van der Waals surface area contributed by atoms with E-state index in [0.29, 0.717) is 27.3 Å². The standard InChI is InChI=1S/C25H24N4O4S2/c1-15-9-11-16(12-10-15)18-13-34-23(21(18)24(31)33-4)26-20(30)14-35-25-28-27-22(29(25)2)17-7-5-6-8-19(17)32-3/h5-13H,14H2,1-4H3,(H,26,30). The smallest absolute Gasteiger partial charge is 0.341 e. The van der Waals surface area contributed by atoms with Crippen LogP contribution in [0.25, 0.3) is 22.5 Å². The van der Waals surface area contributed by atoms with Gasteiger partial charge in [-0.2, -0.15) is 0 Å². The molecule has 1 N–H and O–H groups in total. The summed E-state index contributed by atoms with van der Waals surface area (Å²) >= 11 is 2.54. The average molecular weight is 509 g/mol. The van der Waals surface area contributed by atoms with E-state index in [9.17, 15) is 9.59 Å². The maximum Gasteiger partial charge on any atom is 0.341 e. The van der Waals surface area contributed by atoms with E-state index in [2.05, 4.69) is 15.5 Å². The van der Waals surface area contributed by atoms with Gasteiger partial charge in [-0.3, -0.25) is 4.79 Å². The van der Waals surface area contributed by atoms with Gasteiger partial charge in [0.05, 0.1) is 25.5 Å². The second-order valence-corrected chi connectivity index (χ2v) is 9.44. The molecule has 0 aliphatic rings. The number of hydrogen-bond donors (Lipinski definition) is 1. The molecule has 8 nitrogen and oxygen atoms in total. The van der Waals surface area contributed by atoms with Crippen LogP contribution in [0, 0.1) is 6.92 Å². The molecular formula is C25H24N4O4S2. The molecule has 0 saturated carbocycles. The van der Waals surface area contributed by atoms with Crippen molar-refractivity contribution in [2.24, 2.45) is 7.05 Å². The maximum absolute atomic E-state index is 12.8. The Morgan fingerprint density at radius 2 is 1.80 bits per heavy atom. The van der Waals surface area contributed by atoms with E-state index in [1.807, 2.05) is 72.4 Å². The van der Waals surface area contributed by atoms with Crippen LogP contribution in [0.1, 0.15) is 15.9 Å². The molecule has 0 atom stereocenters. The molecule has 2 aromatic heterocycles. The van der Waals surface area contributed by atoms with Crippen molar-refractivity contribution >= 4 is 40.0 Å². The van der Waals surface area contributed by atoms with Crippen molar-refractivity contribution in [1.82, 2.24) is 14.8 Å². The van der Waals surface area contributed by atoms with Gasteiger partial charge in [-0.1, -0.05) is 53.7 Å². The van der Waals surface area contributed by atoms with Crippen molar-refractivity contribution in [3.63, 3.8) is 0 Å². The molecule has 2 aromatic carbocycles. The number of carbonyl (C=O) groups excluding carboxylic acids is 2. The number of rotatable bonds is 8. The van der Waals surface area contributed by atoms with Crippen LogP contribution in [0.3, 0.4) is 0 Å². The van der Waals surface area contributed by atoms with Gasteiger partial charge >= 0.3 is 5.97 Å². The number of amides is 1. The zero-order chi connectivity index (χ0) is 24.9. The molecule has 35 heavy (non-hydrogen) atoms. The molecule has 0 aliphatic heterocycles. The fourth-order valence-electron chi connectivity index (χ4n) is 3.50. The number of esters is 1. The second kappa shape index (κ2) is 10.7. The first kappa shape index (κ1) is 24.5. The lowest BCUT2D eigenvalue weighted by atomic mass is 10.0. The number of ether oxygens (including phenoxy) is 2. The van der Waals surface area contributed by atoms with Gasteiger partial charge in [-0.05, 0) is 24.6 Å². The lowest BCUT2D eigenvalue weighted by Crippen LogP contribution is -2.16. The third kappa shape index (κ3) is 5.23. The predicted octanol–water partition coefficient (Wildman–Crippen LogP) is 5.05. The Morgan fingerprint density at radius 1 is 1.06 bits per heavy atom. The highest BCUT2D eigenvalue weighted by atomic mass is 32.2. The van der Waals surface area contributed by atoms with E-state index in [4.69, 9.17) is 9.47 Å². The molecule has 0 radical (unpaired) electrons. The summed E-state index contributed by atoms with van der Waals surface area (Å²) in [6.45, 7) is 2.00. The van der Waals surface area contributed by atoms with Gasteiger partial charge < -0.3 is 19.4 Å². The van der Waals surface area contributed by atoms with Crippen LogP contribution >= 0.6 is 23.1 Å². The Bertz CT molecular complexity index is 1360. The van der Waals surface area contributed by atoms with Crippen molar-refractivity contribution in [3.05, 3.63) is 65.0 Å². The predicted molar refractivity (Wildman–Crippen MR) is 138 cm³/mol. The molecule has 0 saturated heterocycles. The summed E-state index contributed by atoms with van der Waals surface area (Å²) in [5.74, 6) is 0.656. The van der Waals surface area contributed by atoms with E-state index >= 15 is 0 Å². The van der Waals surface area contributed by atoms with Gasteiger partial charge in [0.25, 0.3) is 0 Å². The number of aryl methyl sites for hydroxylation is 1. The zero-order valence-electron chi connectivity index (χ0n) is 19.7. The maximum atomic E-state index is 12.8. The molecule has 0 fully saturated rings. The normalized spacial score (nSPS) is 10.7. The number of thioether (sulfide) groups is 1. The first-order valence-electron chi connectivity index (χ1n) is 10.6. The second-order valence-electron chi connectivity index (χ2n) is 7.61. The highest BCUT2D eigenvalue weighted by Gasteiger charge is 2.23. The molecule has 0 bridgehead atoms. The number of benzene rings is 2. The Hall–Kier alpha value is -3.63. The minimum Gasteiger partial charge on any atom is -0.496 e. The van der Waals surface area contributed by atoms with Gasteiger partial charge in [0.2, 0.25) is 5.91 Å². The average Bonchev–Trinajstić information content (AvgIpc) is 3.45. The fraction of sp³-hybridized carbons (Fsp3) is 0.200. The molecule has 1 amide bonds.